The number of benzene rings is 1. The van der Waals surface area contributed by atoms with Crippen LogP contribution in [-0.4, -0.2) is 0 Å². The molecule has 1 aliphatic carbocycles. The van der Waals surface area contributed by atoms with Crippen LogP contribution in [-0.2, 0) is 0 Å². The second kappa shape index (κ2) is 7.23. The van der Waals surface area contributed by atoms with Gasteiger partial charge in [-0.25, -0.2) is 0 Å². The van der Waals surface area contributed by atoms with E-state index < -0.39 is 0 Å². The lowest BCUT2D eigenvalue weighted by atomic mass is 9.68. The van der Waals surface area contributed by atoms with Gasteiger partial charge in [0.15, 0.2) is 0 Å². The van der Waals surface area contributed by atoms with Crippen molar-refractivity contribution in [1.82, 2.24) is 0 Å². The van der Waals surface area contributed by atoms with Crippen LogP contribution in [0.1, 0.15) is 37.8 Å². The van der Waals surface area contributed by atoms with Gasteiger partial charge in [0.05, 0.1) is 0 Å². The number of nitrogens with two attached hydrogens (primary N) is 1. The number of halogens is 1. The lowest BCUT2D eigenvalue weighted by molar-refractivity contribution is 0.378. The minimum absolute atomic E-state index is 0.0842. The fourth-order valence-electron chi connectivity index (χ4n) is 3.26. The van der Waals surface area contributed by atoms with Gasteiger partial charge in [-0.05, 0) is 54.7 Å². The molecule has 2 unspecified atom stereocenters. The summed E-state index contributed by atoms with van der Waals surface area (Å²) >= 11 is 6.30. The minimum atomic E-state index is -0.0842. The first-order chi connectivity index (χ1) is 10.9. The molecule has 0 bridgehead atoms. The number of hydrogen-bond acceptors (Lipinski definition) is 1. The summed E-state index contributed by atoms with van der Waals surface area (Å²) in [6.07, 6.45) is 9.77. The van der Waals surface area contributed by atoms with Gasteiger partial charge in [-0.2, -0.15) is 0 Å². The summed E-state index contributed by atoms with van der Waals surface area (Å²) in [5, 5.41) is 0.817. The van der Waals surface area contributed by atoms with E-state index >= 15 is 0 Å². The highest BCUT2D eigenvalue weighted by molar-refractivity contribution is 6.31. The van der Waals surface area contributed by atoms with Gasteiger partial charge in [0.2, 0.25) is 0 Å². The molecule has 23 heavy (non-hydrogen) atoms. The van der Waals surface area contributed by atoms with E-state index in [1.807, 2.05) is 0 Å². The third-order valence-electron chi connectivity index (χ3n) is 5.02. The zero-order chi connectivity index (χ0) is 17.0. The van der Waals surface area contributed by atoms with Crippen LogP contribution < -0.4 is 5.73 Å². The quantitative estimate of drug-likeness (QED) is 0.708. The molecule has 0 aromatic heterocycles. The molecule has 2 heteroatoms. The number of allylic oxidation sites excluding steroid dienone is 6. The monoisotopic (exact) mass is 327 g/mol. The Hall–Kier alpha value is -1.73. The van der Waals surface area contributed by atoms with Crippen LogP contribution in [0.2, 0.25) is 0 Å². The van der Waals surface area contributed by atoms with Crippen molar-refractivity contribution in [3.05, 3.63) is 77.0 Å². The Labute approximate surface area is 145 Å². The zero-order valence-electron chi connectivity index (χ0n) is 14.3. The molecular formula is C21H26ClN. The van der Waals surface area contributed by atoms with Crippen molar-refractivity contribution in [3.63, 3.8) is 0 Å². The van der Waals surface area contributed by atoms with Crippen molar-refractivity contribution < 1.29 is 0 Å². The van der Waals surface area contributed by atoms with Crippen LogP contribution >= 0.6 is 11.6 Å². The van der Waals surface area contributed by atoms with Gasteiger partial charge >= 0.3 is 0 Å². The van der Waals surface area contributed by atoms with Crippen molar-refractivity contribution in [1.29, 1.82) is 0 Å². The van der Waals surface area contributed by atoms with E-state index in [0.29, 0.717) is 5.92 Å². The average molecular weight is 328 g/mol. The zero-order valence-corrected chi connectivity index (χ0v) is 15.0. The molecule has 0 fully saturated rings. The van der Waals surface area contributed by atoms with Crippen molar-refractivity contribution in [2.24, 2.45) is 17.1 Å². The summed E-state index contributed by atoms with van der Waals surface area (Å²) in [4.78, 5) is 0. The summed E-state index contributed by atoms with van der Waals surface area (Å²) in [5.41, 5.74) is 10.6. The lowest BCUT2D eigenvalue weighted by Crippen LogP contribution is -2.27. The van der Waals surface area contributed by atoms with Crippen LogP contribution in [0.5, 0.6) is 0 Å². The largest absolute Gasteiger partial charge is 0.405 e. The van der Waals surface area contributed by atoms with E-state index in [2.05, 4.69) is 69.8 Å². The number of aryl methyl sites for hydroxylation is 1. The molecule has 0 amide bonds. The van der Waals surface area contributed by atoms with Crippen LogP contribution in [0.4, 0.5) is 0 Å². The molecule has 0 spiro atoms. The molecule has 0 saturated heterocycles. The van der Waals surface area contributed by atoms with Gasteiger partial charge in [0.1, 0.15) is 0 Å². The van der Waals surface area contributed by atoms with E-state index in [4.69, 9.17) is 17.3 Å². The maximum absolute atomic E-state index is 6.30. The Balaban J connectivity index is 2.19. The van der Waals surface area contributed by atoms with Crippen molar-refractivity contribution in [2.75, 3.05) is 0 Å². The SMILES string of the molecule is C=C(CCC1=CC(Cl)=CC(C)C1(C)/C=C\N)c1ccccc1C. The van der Waals surface area contributed by atoms with E-state index in [1.54, 1.807) is 6.20 Å². The minimum Gasteiger partial charge on any atom is -0.405 e. The average Bonchev–Trinajstić information content (AvgIpc) is 2.50. The standard InChI is InChI=1S/C21H26ClN/c1-15-7-5-6-8-20(15)16(2)9-10-18-14-19(22)13-17(3)21(18,4)11-12-23/h5-8,11-14,17H,2,9-10,23H2,1,3-4H3/b12-11-. The smallest absolute Gasteiger partial charge is 0.0369 e. The molecule has 2 atom stereocenters. The molecule has 1 aromatic rings. The first-order valence-electron chi connectivity index (χ1n) is 8.10. The van der Waals surface area contributed by atoms with E-state index in [0.717, 1.165) is 17.9 Å². The Morgan fingerprint density at radius 2 is 2.09 bits per heavy atom. The Morgan fingerprint density at radius 1 is 1.39 bits per heavy atom. The van der Waals surface area contributed by atoms with Gasteiger partial charge in [-0.3, -0.25) is 0 Å². The predicted octanol–water partition coefficient (Wildman–Crippen LogP) is 5.97. The van der Waals surface area contributed by atoms with Crippen LogP contribution in [0, 0.1) is 18.3 Å². The summed E-state index contributed by atoms with van der Waals surface area (Å²) in [7, 11) is 0. The predicted molar refractivity (Wildman–Crippen MR) is 102 cm³/mol. The van der Waals surface area contributed by atoms with E-state index in [-0.39, 0.29) is 5.41 Å². The molecule has 1 nitrogen and oxygen atoms in total. The molecule has 1 aromatic carbocycles. The highest BCUT2D eigenvalue weighted by Crippen LogP contribution is 2.45. The number of rotatable bonds is 5. The van der Waals surface area contributed by atoms with E-state index in [9.17, 15) is 0 Å². The van der Waals surface area contributed by atoms with Crippen molar-refractivity contribution >= 4 is 17.2 Å². The third kappa shape index (κ3) is 3.79. The fourth-order valence-corrected chi connectivity index (χ4v) is 3.59. The lowest BCUT2D eigenvalue weighted by Gasteiger charge is -2.37. The Morgan fingerprint density at radius 3 is 2.74 bits per heavy atom. The molecule has 0 saturated carbocycles. The Bertz CT molecular complexity index is 681. The van der Waals surface area contributed by atoms with Gasteiger partial charge in [0, 0.05) is 10.4 Å². The van der Waals surface area contributed by atoms with Gasteiger partial charge in [0.25, 0.3) is 0 Å². The second-order valence-electron chi connectivity index (χ2n) is 6.57. The molecule has 2 N–H and O–H groups in total. The molecule has 122 valence electrons. The maximum atomic E-state index is 6.30. The normalized spacial score (nSPS) is 24.4. The molecule has 0 heterocycles. The molecule has 1 aliphatic rings. The van der Waals surface area contributed by atoms with Crippen LogP contribution in [0.25, 0.3) is 5.57 Å². The molecule has 2 rings (SSSR count). The van der Waals surface area contributed by atoms with Gasteiger partial charge in [-0.15, -0.1) is 0 Å². The summed E-state index contributed by atoms with van der Waals surface area (Å²) in [5.74, 6) is 0.321. The van der Waals surface area contributed by atoms with Gasteiger partial charge in [-0.1, -0.05) is 74.0 Å². The van der Waals surface area contributed by atoms with Crippen molar-refractivity contribution in [2.45, 2.75) is 33.6 Å². The number of hydrogen-bond donors (Lipinski definition) is 1. The third-order valence-corrected chi connectivity index (χ3v) is 5.26. The van der Waals surface area contributed by atoms with Crippen LogP contribution in [0.15, 0.2) is 65.9 Å². The van der Waals surface area contributed by atoms with Crippen molar-refractivity contribution in [3.8, 4) is 0 Å². The summed E-state index contributed by atoms with van der Waals surface area (Å²) < 4.78 is 0. The molecule has 0 aliphatic heterocycles. The topological polar surface area (TPSA) is 26.0 Å². The Kier molecular flexibility index (Phi) is 5.54. The van der Waals surface area contributed by atoms with Crippen LogP contribution in [0.3, 0.4) is 0 Å². The first kappa shape index (κ1) is 17.6. The molecular weight excluding hydrogens is 302 g/mol. The highest BCUT2D eigenvalue weighted by Gasteiger charge is 2.33. The van der Waals surface area contributed by atoms with E-state index in [1.165, 1.54) is 22.3 Å². The van der Waals surface area contributed by atoms with Gasteiger partial charge < -0.3 is 5.73 Å². The summed E-state index contributed by atoms with van der Waals surface area (Å²) in [6, 6.07) is 8.40. The highest BCUT2D eigenvalue weighted by atomic mass is 35.5. The summed E-state index contributed by atoms with van der Waals surface area (Å²) in [6.45, 7) is 10.8. The maximum Gasteiger partial charge on any atom is 0.0369 e. The molecule has 0 radical (unpaired) electrons. The first-order valence-corrected chi connectivity index (χ1v) is 8.48. The fraction of sp³-hybridized carbons (Fsp3) is 0.333. The second-order valence-corrected chi connectivity index (χ2v) is 7.01.